The summed E-state index contributed by atoms with van der Waals surface area (Å²) in [6.07, 6.45) is 1.85. The van der Waals surface area contributed by atoms with E-state index in [9.17, 15) is 9.59 Å². The molecule has 0 saturated carbocycles. The van der Waals surface area contributed by atoms with Crippen molar-refractivity contribution < 1.29 is 19.1 Å². The van der Waals surface area contributed by atoms with Gasteiger partial charge in [0.1, 0.15) is 12.4 Å². The van der Waals surface area contributed by atoms with Crippen molar-refractivity contribution in [3.05, 3.63) is 65.7 Å². The summed E-state index contributed by atoms with van der Waals surface area (Å²) in [5.74, 6) is 0.503. The average Bonchev–Trinajstić information content (AvgIpc) is 2.80. The molecule has 1 heterocycles. The smallest absolute Gasteiger partial charge is 0.337 e. The molecular weight excluding hydrogens is 404 g/mol. The summed E-state index contributed by atoms with van der Waals surface area (Å²) in [6.45, 7) is 8.51. The summed E-state index contributed by atoms with van der Waals surface area (Å²) < 4.78 is 10.6. The van der Waals surface area contributed by atoms with Crippen LogP contribution in [0, 0.1) is 5.41 Å². The third-order valence-corrected chi connectivity index (χ3v) is 6.15. The molecule has 6 heteroatoms. The molecule has 2 aromatic carbocycles. The monoisotopic (exact) mass is 438 g/mol. The molecule has 1 aliphatic rings. The highest BCUT2D eigenvalue weighted by Gasteiger charge is 2.37. The minimum atomic E-state index is -0.369. The van der Waals surface area contributed by atoms with E-state index in [-0.39, 0.29) is 29.4 Å². The molecule has 0 aromatic heterocycles. The molecule has 0 aliphatic carbocycles. The summed E-state index contributed by atoms with van der Waals surface area (Å²) in [7, 11) is 1.36. The summed E-state index contributed by atoms with van der Waals surface area (Å²) in [5, 5.41) is 3.17. The molecule has 2 aromatic rings. The Morgan fingerprint density at radius 2 is 1.81 bits per heavy atom. The van der Waals surface area contributed by atoms with Crippen LogP contribution >= 0.6 is 0 Å². The van der Waals surface area contributed by atoms with E-state index in [0.717, 1.165) is 30.7 Å². The minimum Gasteiger partial charge on any atom is -0.492 e. The fourth-order valence-electron chi connectivity index (χ4n) is 4.10. The Labute approximate surface area is 190 Å². The first-order valence-electron chi connectivity index (χ1n) is 11.2. The predicted molar refractivity (Wildman–Crippen MR) is 125 cm³/mol. The van der Waals surface area contributed by atoms with Gasteiger partial charge in [0.2, 0.25) is 5.91 Å². The number of piperidine rings is 1. The number of likely N-dealkylation sites (tertiary alicyclic amines) is 1. The van der Waals surface area contributed by atoms with E-state index in [2.05, 4.69) is 24.1 Å². The van der Waals surface area contributed by atoms with Crippen LogP contribution in [-0.2, 0) is 9.53 Å². The lowest BCUT2D eigenvalue weighted by molar-refractivity contribution is -0.130. The summed E-state index contributed by atoms with van der Waals surface area (Å²) in [4.78, 5) is 27.1. The molecule has 2 atom stereocenters. The fourth-order valence-corrected chi connectivity index (χ4v) is 4.10. The van der Waals surface area contributed by atoms with Crippen molar-refractivity contribution >= 4 is 11.9 Å². The second-order valence-corrected chi connectivity index (χ2v) is 9.18. The number of nitrogens with one attached hydrogen (secondary N) is 1. The molecule has 6 nitrogen and oxygen atoms in total. The van der Waals surface area contributed by atoms with Crippen LogP contribution in [0.4, 0.5) is 0 Å². The van der Waals surface area contributed by atoms with Crippen LogP contribution in [-0.4, -0.2) is 49.6 Å². The van der Waals surface area contributed by atoms with Gasteiger partial charge in [0.15, 0.2) is 0 Å². The number of hydrogen-bond donors (Lipinski definition) is 1. The molecule has 172 valence electrons. The van der Waals surface area contributed by atoms with Crippen molar-refractivity contribution in [2.75, 3.05) is 26.8 Å². The summed E-state index contributed by atoms with van der Waals surface area (Å²) in [5.41, 5.74) is 1.55. The molecule has 0 bridgehead atoms. The van der Waals surface area contributed by atoms with Gasteiger partial charge in [-0.05, 0) is 61.6 Å². The van der Waals surface area contributed by atoms with Gasteiger partial charge in [0.25, 0.3) is 0 Å². The van der Waals surface area contributed by atoms with E-state index in [0.29, 0.717) is 18.7 Å². The van der Waals surface area contributed by atoms with Gasteiger partial charge in [-0.25, -0.2) is 4.79 Å². The Hall–Kier alpha value is -2.86. The van der Waals surface area contributed by atoms with E-state index in [1.54, 1.807) is 12.1 Å². The number of hydrogen-bond acceptors (Lipinski definition) is 5. The number of ether oxygens (including phenoxy) is 2. The normalized spacial score (nSPS) is 19.1. The molecule has 1 N–H and O–H groups in total. The Balaban J connectivity index is 1.61. The predicted octanol–water partition coefficient (Wildman–Crippen LogP) is 4.22. The number of carbonyl (C=O) groups is 2. The molecule has 3 rings (SSSR count). The molecular formula is C26H34N2O4. The average molecular weight is 439 g/mol. The molecule has 1 fully saturated rings. The number of nitrogens with zero attached hydrogens (tertiary/aromatic N) is 1. The highest BCUT2D eigenvalue weighted by Crippen LogP contribution is 2.34. The molecule has 1 unspecified atom stereocenters. The lowest BCUT2D eigenvalue weighted by Gasteiger charge is -2.42. The van der Waals surface area contributed by atoms with Crippen molar-refractivity contribution in [2.24, 2.45) is 5.41 Å². The van der Waals surface area contributed by atoms with Gasteiger partial charge in [0, 0.05) is 6.54 Å². The van der Waals surface area contributed by atoms with E-state index in [1.807, 2.05) is 49.4 Å². The molecule has 0 radical (unpaired) electrons. The Morgan fingerprint density at radius 1 is 1.12 bits per heavy atom. The first kappa shape index (κ1) is 23.8. The Kier molecular flexibility index (Phi) is 7.91. The van der Waals surface area contributed by atoms with Gasteiger partial charge in [-0.15, -0.1) is 0 Å². The third-order valence-electron chi connectivity index (χ3n) is 6.15. The number of para-hydroxylation sites is 1. The van der Waals surface area contributed by atoms with Crippen molar-refractivity contribution in [3.63, 3.8) is 0 Å². The maximum Gasteiger partial charge on any atom is 0.337 e. The van der Waals surface area contributed by atoms with Gasteiger partial charge in [0.05, 0.1) is 24.8 Å². The number of carbonyl (C=O) groups excluding carboxylic acids is 2. The molecule has 1 amide bonds. The number of methoxy groups -OCH3 is 1. The molecule has 1 aliphatic heterocycles. The van der Waals surface area contributed by atoms with E-state index in [1.165, 1.54) is 7.11 Å². The van der Waals surface area contributed by atoms with Gasteiger partial charge < -0.3 is 14.8 Å². The van der Waals surface area contributed by atoms with Crippen LogP contribution in [0.15, 0.2) is 54.6 Å². The molecule has 1 saturated heterocycles. The van der Waals surface area contributed by atoms with Crippen LogP contribution in [0.3, 0.4) is 0 Å². The van der Waals surface area contributed by atoms with Gasteiger partial charge in [-0.2, -0.15) is 0 Å². The highest BCUT2D eigenvalue weighted by atomic mass is 16.5. The topological polar surface area (TPSA) is 67.9 Å². The van der Waals surface area contributed by atoms with Crippen molar-refractivity contribution in [1.29, 1.82) is 0 Å². The number of amides is 1. The van der Waals surface area contributed by atoms with Crippen molar-refractivity contribution in [1.82, 2.24) is 10.2 Å². The minimum absolute atomic E-state index is 0.0297. The third kappa shape index (κ3) is 6.33. The standard InChI is InChI=1S/C26H34N2O4/c1-19(20-10-12-21(13-11-20)25(30)31-4)27-24(29)23-18-26(2,3)14-15-28(23)16-17-32-22-8-6-5-7-9-22/h5-13,19,23H,14-18H2,1-4H3,(H,27,29)/t19-,23?/m0/s1. The fraction of sp³-hybridized carbons (Fsp3) is 0.462. The van der Waals surface area contributed by atoms with Crippen molar-refractivity contribution in [2.45, 2.75) is 45.7 Å². The van der Waals surface area contributed by atoms with Crippen LogP contribution in [0.2, 0.25) is 0 Å². The second-order valence-electron chi connectivity index (χ2n) is 9.18. The van der Waals surface area contributed by atoms with E-state index >= 15 is 0 Å². The second kappa shape index (κ2) is 10.6. The molecule has 32 heavy (non-hydrogen) atoms. The maximum atomic E-state index is 13.3. The van der Waals surface area contributed by atoms with Gasteiger partial charge in [-0.3, -0.25) is 9.69 Å². The zero-order chi connectivity index (χ0) is 23.1. The molecule has 0 spiro atoms. The van der Waals surface area contributed by atoms with Crippen LogP contribution in [0.1, 0.15) is 55.6 Å². The van der Waals surface area contributed by atoms with Crippen molar-refractivity contribution in [3.8, 4) is 5.75 Å². The first-order valence-corrected chi connectivity index (χ1v) is 11.2. The maximum absolute atomic E-state index is 13.3. The number of esters is 1. The van der Waals surface area contributed by atoms with Crippen LogP contribution < -0.4 is 10.1 Å². The summed E-state index contributed by atoms with van der Waals surface area (Å²) in [6, 6.07) is 16.5. The lowest BCUT2D eigenvalue weighted by atomic mass is 9.78. The van der Waals surface area contributed by atoms with Gasteiger partial charge >= 0.3 is 5.97 Å². The van der Waals surface area contributed by atoms with Gasteiger partial charge in [-0.1, -0.05) is 44.2 Å². The van der Waals surface area contributed by atoms with Crippen LogP contribution in [0.5, 0.6) is 5.75 Å². The zero-order valence-electron chi connectivity index (χ0n) is 19.5. The Bertz CT molecular complexity index is 896. The first-order chi connectivity index (χ1) is 15.3. The quantitative estimate of drug-likeness (QED) is 0.625. The largest absolute Gasteiger partial charge is 0.492 e. The number of rotatable bonds is 8. The number of benzene rings is 2. The zero-order valence-corrected chi connectivity index (χ0v) is 19.5. The van der Waals surface area contributed by atoms with E-state index in [4.69, 9.17) is 9.47 Å². The SMILES string of the molecule is COC(=O)c1ccc([C@H](C)NC(=O)C2CC(C)(C)CCN2CCOc2ccccc2)cc1. The van der Waals surface area contributed by atoms with E-state index < -0.39 is 0 Å². The van der Waals surface area contributed by atoms with Crippen LogP contribution in [0.25, 0.3) is 0 Å². The summed E-state index contributed by atoms with van der Waals surface area (Å²) >= 11 is 0. The lowest BCUT2D eigenvalue weighted by Crippen LogP contribution is -2.54. The Morgan fingerprint density at radius 3 is 2.47 bits per heavy atom. The highest BCUT2D eigenvalue weighted by molar-refractivity contribution is 5.89.